The summed E-state index contributed by atoms with van der Waals surface area (Å²) in [4.78, 5) is 48.3. The molecule has 2 heterocycles. The number of nitro benzene ring substituents is 1. The highest BCUT2D eigenvalue weighted by molar-refractivity contribution is 5.93. The number of rotatable bonds is 6. The Kier molecular flexibility index (Phi) is 5.01. The summed E-state index contributed by atoms with van der Waals surface area (Å²) in [5.74, 6) is -1.57. The second kappa shape index (κ2) is 7.56. The number of fused-ring (bicyclic) bond motifs is 1. The van der Waals surface area contributed by atoms with E-state index in [1.54, 1.807) is 18.3 Å². The van der Waals surface area contributed by atoms with Crippen LogP contribution >= 0.6 is 0 Å². The highest BCUT2D eigenvalue weighted by Gasteiger charge is 2.14. The van der Waals surface area contributed by atoms with Crippen molar-refractivity contribution < 1.29 is 18.9 Å². The lowest BCUT2D eigenvalue weighted by molar-refractivity contribution is -0.384. The van der Waals surface area contributed by atoms with E-state index in [0.29, 0.717) is 17.6 Å². The number of non-ortho nitro benzene ring substituents is 1. The van der Waals surface area contributed by atoms with Gasteiger partial charge in [-0.3, -0.25) is 35.1 Å². The third-order valence-electron chi connectivity index (χ3n) is 3.81. The molecule has 2 amide bonds. The summed E-state index contributed by atoms with van der Waals surface area (Å²) >= 11 is 0. The number of hydrogen-bond acceptors (Lipinski definition) is 6. The molecule has 0 fully saturated rings. The fourth-order valence-electron chi connectivity index (χ4n) is 2.51. The molecule has 11 nitrogen and oxygen atoms in total. The molecule has 3 N–H and O–H groups in total. The van der Waals surface area contributed by atoms with Crippen LogP contribution in [0.1, 0.15) is 23.3 Å². The molecule has 3 rings (SSSR count). The molecule has 3 aromatic rings. The maximum Gasteiger partial charge on any atom is 0.419 e. The van der Waals surface area contributed by atoms with Crippen molar-refractivity contribution >= 4 is 28.6 Å². The van der Waals surface area contributed by atoms with E-state index in [2.05, 4.69) is 15.8 Å². The average Bonchev–Trinajstić information content (AvgIpc) is 3.27. The van der Waals surface area contributed by atoms with Crippen LogP contribution in [-0.2, 0) is 11.3 Å². The van der Waals surface area contributed by atoms with E-state index in [0.717, 1.165) is 0 Å². The predicted molar refractivity (Wildman–Crippen MR) is 92.8 cm³/mol. The third-order valence-corrected chi connectivity index (χ3v) is 3.81. The summed E-state index contributed by atoms with van der Waals surface area (Å²) < 4.78 is 6.31. The van der Waals surface area contributed by atoms with Crippen molar-refractivity contribution in [3.05, 3.63) is 62.9 Å². The number of H-pyrrole nitrogens is 1. The van der Waals surface area contributed by atoms with Crippen molar-refractivity contribution in [1.82, 2.24) is 20.4 Å². The van der Waals surface area contributed by atoms with Gasteiger partial charge in [0.2, 0.25) is 5.91 Å². The summed E-state index contributed by atoms with van der Waals surface area (Å²) in [5.41, 5.74) is 5.19. The summed E-state index contributed by atoms with van der Waals surface area (Å²) in [6.07, 6.45) is 1.94. The molecule has 11 heteroatoms. The van der Waals surface area contributed by atoms with E-state index in [4.69, 9.17) is 4.42 Å². The summed E-state index contributed by atoms with van der Waals surface area (Å²) in [6, 6.07) is 7.09. The maximum atomic E-state index is 11.9. The normalized spacial score (nSPS) is 10.7. The molecular formula is C16H15N5O6. The number of hydrazine groups is 1. The summed E-state index contributed by atoms with van der Waals surface area (Å²) in [6.45, 7) is 0.182. The van der Waals surface area contributed by atoms with Crippen LogP contribution < -0.4 is 16.6 Å². The van der Waals surface area contributed by atoms with Gasteiger partial charge in [-0.2, -0.15) is 0 Å². The number of carbonyl (C=O) groups excluding carboxylic acids is 2. The first-order valence-corrected chi connectivity index (χ1v) is 7.96. The minimum atomic E-state index is -0.661. The van der Waals surface area contributed by atoms with Gasteiger partial charge in [-0.15, -0.1) is 0 Å². The lowest BCUT2D eigenvalue weighted by atomic mass is 10.2. The Hall–Kier alpha value is -3.89. The van der Waals surface area contributed by atoms with Crippen LogP contribution in [0.3, 0.4) is 0 Å². The van der Waals surface area contributed by atoms with Gasteiger partial charge in [-0.05, 0) is 24.6 Å². The first-order chi connectivity index (χ1) is 13.0. The first kappa shape index (κ1) is 17.9. The van der Waals surface area contributed by atoms with Gasteiger partial charge in [-0.25, -0.2) is 4.79 Å². The van der Waals surface area contributed by atoms with Gasteiger partial charge >= 0.3 is 5.76 Å². The fourth-order valence-corrected chi connectivity index (χ4v) is 2.51. The largest absolute Gasteiger partial charge is 0.419 e. The van der Waals surface area contributed by atoms with Crippen molar-refractivity contribution in [2.75, 3.05) is 0 Å². The number of carbonyl (C=O) groups is 2. The number of aromatic amines is 1. The quantitative estimate of drug-likeness (QED) is 0.434. The molecule has 2 aromatic heterocycles. The van der Waals surface area contributed by atoms with Crippen LogP contribution in [0.4, 0.5) is 5.69 Å². The predicted octanol–water partition coefficient (Wildman–Crippen LogP) is 1.07. The Morgan fingerprint density at radius 2 is 2.07 bits per heavy atom. The van der Waals surface area contributed by atoms with Crippen molar-refractivity contribution in [2.45, 2.75) is 19.4 Å². The number of nitrogens with one attached hydrogen (secondary N) is 3. The van der Waals surface area contributed by atoms with Gasteiger partial charge in [0.15, 0.2) is 5.58 Å². The highest BCUT2D eigenvalue weighted by atomic mass is 16.6. The molecule has 0 aliphatic carbocycles. The maximum absolute atomic E-state index is 11.9. The minimum absolute atomic E-state index is 0.0527. The zero-order valence-corrected chi connectivity index (χ0v) is 13.9. The molecule has 0 saturated carbocycles. The minimum Gasteiger partial charge on any atom is -0.407 e. The number of aromatic nitrogens is 2. The monoisotopic (exact) mass is 373 g/mol. The molecule has 0 bridgehead atoms. The Balaban J connectivity index is 1.55. The molecular weight excluding hydrogens is 358 g/mol. The van der Waals surface area contributed by atoms with E-state index >= 15 is 0 Å². The molecule has 27 heavy (non-hydrogen) atoms. The number of aryl methyl sites for hydroxylation is 1. The second-order valence-electron chi connectivity index (χ2n) is 5.62. The molecule has 140 valence electrons. The van der Waals surface area contributed by atoms with Crippen LogP contribution in [0.5, 0.6) is 0 Å². The first-order valence-electron chi connectivity index (χ1n) is 7.96. The van der Waals surface area contributed by atoms with E-state index in [1.165, 1.54) is 22.8 Å². The Morgan fingerprint density at radius 3 is 2.78 bits per heavy atom. The van der Waals surface area contributed by atoms with Gasteiger partial charge in [-0.1, -0.05) is 0 Å². The molecule has 0 atom stereocenters. The van der Waals surface area contributed by atoms with Crippen molar-refractivity contribution in [3.8, 4) is 0 Å². The molecule has 0 saturated heterocycles. The van der Waals surface area contributed by atoms with Crippen LogP contribution in [0.15, 0.2) is 45.7 Å². The SMILES string of the molecule is O=C(CCCn1c(=O)oc2cc([N+](=O)[O-])ccc21)NNC(=O)c1ccc[nH]1. The number of hydrogen-bond donors (Lipinski definition) is 3. The molecule has 0 unspecified atom stereocenters. The Morgan fingerprint density at radius 1 is 1.26 bits per heavy atom. The van der Waals surface area contributed by atoms with Gasteiger partial charge < -0.3 is 9.40 Å². The molecule has 0 aliphatic heterocycles. The van der Waals surface area contributed by atoms with Gasteiger partial charge in [0.05, 0.1) is 16.5 Å². The molecule has 0 radical (unpaired) electrons. The average molecular weight is 373 g/mol. The Labute approximate surface area is 151 Å². The van der Waals surface area contributed by atoms with Crippen molar-refractivity contribution in [2.24, 2.45) is 0 Å². The van der Waals surface area contributed by atoms with Gasteiger partial charge in [0.25, 0.3) is 11.6 Å². The fraction of sp³-hybridized carbons (Fsp3) is 0.188. The Bertz CT molecular complexity index is 1050. The van der Waals surface area contributed by atoms with Gasteiger partial charge in [0.1, 0.15) is 5.69 Å². The number of benzene rings is 1. The van der Waals surface area contributed by atoms with Crippen molar-refractivity contribution in [1.29, 1.82) is 0 Å². The van der Waals surface area contributed by atoms with Crippen molar-refractivity contribution in [3.63, 3.8) is 0 Å². The number of nitro groups is 1. The second-order valence-corrected chi connectivity index (χ2v) is 5.62. The summed E-state index contributed by atoms with van der Waals surface area (Å²) in [7, 11) is 0. The van der Waals surface area contributed by atoms with Crippen LogP contribution in [0.2, 0.25) is 0 Å². The lowest BCUT2D eigenvalue weighted by Gasteiger charge is -2.06. The van der Waals surface area contributed by atoms with Crippen LogP contribution in [0, 0.1) is 10.1 Å². The lowest BCUT2D eigenvalue weighted by Crippen LogP contribution is -2.41. The van der Waals surface area contributed by atoms with Crippen LogP contribution in [-0.4, -0.2) is 26.3 Å². The smallest absolute Gasteiger partial charge is 0.407 e. The molecule has 1 aromatic carbocycles. The highest BCUT2D eigenvalue weighted by Crippen LogP contribution is 2.20. The summed E-state index contributed by atoms with van der Waals surface area (Å²) in [5, 5.41) is 10.8. The van der Waals surface area contributed by atoms with E-state index in [-0.39, 0.29) is 24.2 Å². The van der Waals surface area contributed by atoms with E-state index < -0.39 is 22.5 Å². The number of oxazole rings is 1. The van der Waals surface area contributed by atoms with E-state index in [9.17, 15) is 24.5 Å². The van der Waals surface area contributed by atoms with E-state index in [1.807, 2.05) is 0 Å². The van der Waals surface area contributed by atoms with Gasteiger partial charge in [0, 0.05) is 25.2 Å². The standard InChI is InChI=1S/C16H15N5O6/c22-14(18-19-15(23)11-3-1-7-17-11)4-2-8-20-12-6-5-10(21(25)26)9-13(12)27-16(20)24/h1,3,5-7,9,17H,2,4,8H2,(H,18,22)(H,19,23). The number of nitrogens with zero attached hydrogens (tertiary/aromatic N) is 2. The molecule has 0 aliphatic rings. The zero-order chi connectivity index (χ0) is 19.4. The third kappa shape index (κ3) is 4.03. The zero-order valence-electron chi connectivity index (χ0n) is 13.9. The van der Waals surface area contributed by atoms with Crippen LogP contribution in [0.25, 0.3) is 11.1 Å². The molecule has 0 spiro atoms. The topological polar surface area (TPSA) is 152 Å². The number of amides is 2.